The van der Waals surface area contributed by atoms with E-state index in [0.717, 1.165) is 17.5 Å². The van der Waals surface area contributed by atoms with Crippen LogP contribution in [-0.2, 0) is 10.2 Å². The Labute approximate surface area is 191 Å². The standard InChI is InChI=1S/C23H23Cl3N2O2/c1-22(2,3)11-14-12-28(21(26)30)19(13-5-4-6-15(24)9-13)23(14)17-8-7-16(25)10-18(17)27-20(23)29/h4-10,14,19H,11-12H2,1-3H3,(H,27,29)/t14-,19-,23?/m1/s1. The monoisotopic (exact) mass is 464 g/mol. The van der Waals surface area contributed by atoms with E-state index in [-0.39, 0.29) is 17.2 Å². The van der Waals surface area contributed by atoms with E-state index < -0.39 is 16.8 Å². The molecular weight excluding hydrogens is 443 g/mol. The van der Waals surface area contributed by atoms with Crippen LogP contribution >= 0.6 is 34.8 Å². The summed E-state index contributed by atoms with van der Waals surface area (Å²) in [5, 5.41) is 3.53. The van der Waals surface area contributed by atoms with Gasteiger partial charge in [-0.25, -0.2) is 0 Å². The Kier molecular flexibility index (Phi) is 5.32. The fourth-order valence-electron chi connectivity index (χ4n) is 5.22. The lowest BCUT2D eigenvalue weighted by molar-refractivity contribution is -0.123. The predicted octanol–water partition coefficient (Wildman–Crippen LogP) is 6.65. The smallest absolute Gasteiger partial charge is 0.316 e. The summed E-state index contributed by atoms with van der Waals surface area (Å²) in [4.78, 5) is 27.9. The summed E-state index contributed by atoms with van der Waals surface area (Å²) in [6.07, 6.45) is 0.736. The molecule has 0 saturated carbocycles. The number of hydrogen-bond donors (Lipinski definition) is 1. The maximum Gasteiger partial charge on any atom is 0.316 e. The zero-order valence-corrected chi connectivity index (χ0v) is 19.3. The third-order valence-electron chi connectivity index (χ3n) is 6.10. The molecule has 158 valence electrons. The first kappa shape index (κ1) is 21.5. The zero-order valence-electron chi connectivity index (χ0n) is 17.0. The largest absolute Gasteiger partial charge is 0.325 e. The van der Waals surface area contributed by atoms with Crippen LogP contribution < -0.4 is 5.32 Å². The van der Waals surface area contributed by atoms with Gasteiger partial charge in [0.05, 0.1) is 6.04 Å². The molecule has 2 aliphatic rings. The van der Waals surface area contributed by atoms with Crippen LogP contribution in [-0.4, -0.2) is 22.7 Å². The van der Waals surface area contributed by atoms with Crippen molar-refractivity contribution in [1.29, 1.82) is 0 Å². The van der Waals surface area contributed by atoms with Gasteiger partial charge in [-0.1, -0.05) is 62.2 Å². The summed E-state index contributed by atoms with van der Waals surface area (Å²) in [5.41, 5.74) is 1.27. The molecule has 7 heteroatoms. The number of nitrogens with one attached hydrogen (secondary N) is 1. The van der Waals surface area contributed by atoms with Crippen molar-refractivity contribution in [2.24, 2.45) is 11.3 Å². The number of rotatable bonds is 2. The van der Waals surface area contributed by atoms with Gasteiger partial charge in [-0.3, -0.25) is 9.59 Å². The van der Waals surface area contributed by atoms with Crippen molar-refractivity contribution in [3.05, 3.63) is 63.6 Å². The molecule has 2 aromatic rings. The highest BCUT2D eigenvalue weighted by Gasteiger charge is 2.64. The first-order valence-corrected chi connectivity index (χ1v) is 11.0. The molecule has 0 aliphatic carbocycles. The second-order valence-electron chi connectivity index (χ2n) is 9.34. The van der Waals surface area contributed by atoms with Gasteiger partial charge in [0.15, 0.2) is 0 Å². The highest BCUT2D eigenvalue weighted by atomic mass is 35.5. The fraction of sp³-hybridized carbons (Fsp3) is 0.391. The molecule has 1 unspecified atom stereocenters. The van der Waals surface area contributed by atoms with Crippen LogP contribution in [0.15, 0.2) is 42.5 Å². The van der Waals surface area contributed by atoms with E-state index in [1.807, 2.05) is 24.3 Å². The molecule has 0 radical (unpaired) electrons. The number of benzene rings is 2. The van der Waals surface area contributed by atoms with E-state index in [1.54, 1.807) is 23.1 Å². The lowest BCUT2D eigenvalue weighted by atomic mass is 9.63. The number of likely N-dealkylation sites (tertiary alicyclic amines) is 1. The van der Waals surface area contributed by atoms with Crippen molar-refractivity contribution in [1.82, 2.24) is 4.90 Å². The van der Waals surface area contributed by atoms with Crippen LogP contribution in [0.25, 0.3) is 0 Å². The molecule has 0 bridgehead atoms. The summed E-state index contributed by atoms with van der Waals surface area (Å²) in [5.74, 6) is -0.272. The quantitative estimate of drug-likeness (QED) is 0.398. The highest BCUT2D eigenvalue weighted by molar-refractivity contribution is 6.62. The Balaban J connectivity index is 2.00. The van der Waals surface area contributed by atoms with Crippen molar-refractivity contribution < 1.29 is 9.59 Å². The number of nitrogens with zero attached hydrogens (tertiary/aromatic N) is 1. The van der Waals surface area contributed by atoms with Gasteiger partial charge in [0, 0.05) is 22.3 Å². The Bertz CT molecular complexity index is 1030. The van der Waals surface area contributed by atoms with Gasteiger partial charge in [0.25, 0.3) is 0 Å². The van der Waals surface area contributed by atoms with Crippen LogP contribution in [0.1, 0.15) is 44.4 Å². The number of hydrogen-bond acceptors (Lipinski definition) is 2. The maximum absolute atomic E-state index is 13.7. The number of carbonyl (C=O) groups is 2. The molecular formula is C23H23Cl3N2O2. The second kappa shape index (κ2) is 7.44. The van der Waals surface area contributed by atoms with Crippen LogP contribution in [0.5, 0.6) is 0 Å². The van der Waals surface area contributed by atoms with E-state index in [1.165, 1.54) is 0 Å². The Morgan fingerprint density at radius 1 is 1.17 bits per heavy atom. The highest BCUT2D eigenvalue weighted by Crippen LogP contribution is 2.60. The van der Waals surface area contributed by atoms with Crippen molar-refractivity contribution in [2.75, 3.05) is 11.9 Å². The SMILES string of the molecule is CC(C)(C)C[C@@H]1CN(C(=O)Cl)[C@H](c2cccc(Cl)c2)C12C(=O)Nc1cc(Cl)ccc12. The average molecular weight is 466 g/mol. The van der Waals surface area contributed by atoms with Crippen LogP contribution in [0.2, 0.25) is 10.0 Å². The van der Waals surface area contributed by atoms with Crippen molar-refractivity contribution in [3.63, 3.8) is 0 Å². The molecule has 1 saturated heterocycles. The minimum atomic E-state index is -0.984. The predicted molar refractivity (Wildman–Crippen MR) is 121 cm³/mol. The van der Waals surface area contributed by atoms with E-state index in [4.69, 9.17) is 34.8 Å². The van der Waals surface area contributed by atoms with Gasteiger partial charge in [0.2, 0.25) is 5.91 Å². The molecule has 2 amide bonds. The number of carbonyl (C=O) groups excluding carboxylic acids is 2. The van der Waals surface area contributed by atoms with Crippen LogP contribution in [0.4, 0.5) is 10.5 Å². The molecule has 2 heterocycles. The first-order chi connectivity index (χ1) is 14.0. The van der Waals surface area contributed by atoms with Gasteiger partial charge in [0.1, 0.15) is 5.41 Å². The van der Waals surface area contributed by atoms with E-state index in [0.29, 0.717) is 22.3 Å². The minimum absolute atomic E-state index is 0.0582. The summed E-state index contributed by atoms with van der Waals surface area (Å²) < 4.78 is 0. The molecule has 4 nitrogen and oxygen atoms in total. The zero-order chi connectivity index (χ0) is 21.8. The summed E-state index contributed by atoms with van der Waals surface area (Å²) in [7, 11) is 0. The van der Waals surface area contributed by atoms with E-state index in [2.05, 4.69) is 26.1 Å². The molecule has 2 aliphatic heterocycles. The van der Waals surface area contributed by atoms with E-state index >= 15 is 0 Å². The Hall–Kier alpha value is -1.75. The normalized spacial score (nSPS) is 25.5. The lowest BCUT2D eigenvalue weighted by Gasteiger charge is -2.38. The Morgan fingerprint density at radius 2 is 1.87 bits per heavy atom. The Morgan fingerprint density at radius 3 is 2.50 bits per heavy atom. The number of fused-ring (bicyclic) bond motifs is 2. The number of anilines is 1. The molecule has 1 N–H and O–H groups in total. The molecule has 0 aromatic heterocycles. The van der Waals surface area contributed by atoms with Gasteiger partial charge < -0.3 is 10.2 Å². The molecule has 1 spiro atoms. The summed E-state index contributed by atoms with van der Waals surface area (Å²) >= 11 is 18.6. The molecule has 30 heavy (non-hydrogen) atoms. The average Bonchev–Trinajstić information content (AvgIpc) is 3.10. The van der Waals surface area contributed by atoms with Gasteiger partial charge in [-0.05, 0) is 64.7 Å². The van der Waals surface area contributed by atoms with Gasteiger partial charge in [-0.2, -0.15) is 0 Å². The van der Waals surface area contributed by atoms with Crippen LogP contribution in [0, 0.1) is 11.3 Å². The van der Waals surface area contributed by atoms with Gasteiger partial charge in [-0.15, -0.1) is 0 Å². The number of amides is 2. The molecule has 3 atom stereocenters. The fourth-order valence-corrected chi connectivity index (χ4v) is 5.76. The summed E-state index contributed by atoms with van der Waals surface area (Å²) in [6.45, 7) is 6.79. The van der Waals surface area contributed by atoms with Crippen molar-refractivity contribution in [3.8, 4) is 0 Å². The third-order valence-corrected chi connectivity index (χ3v) is 6.79. The van der Waals surface area contributed by atoms with Crippen molar-refractivity contribution >= 4 is 51.8 Å². The first-order valence-electron chi connectivity index (χ1n) is 9.87. The second-order valence-corrected chi connectivity index (χ2v) is 10.5. The van der Waals surface area contributed by atoms with Crippen molar-refractivity contribution in [2.45, 2.75) is 38.6 Å². The molecule has 2 aromatic carbocycles. The van der Waals surface area contributed by atoms with Gasteiger partial charge >= 0.3 is 5.37 Å². The van der Waals surface area contributed by atoms with E-state index in [9.17, 15) is 9.59 Å². The summed E-state index contributed by atoms with van der Waals surface area (Å²) in [6, 6.07) is 12.2. The minimum Gasteiger partial charge on any atom is -0.325 e. The topological polar surface area (TPSA) is 49.4 Å². The van der Waals surface area contributed by atoms with Crippen LogP contribution in [0.3, 0.4) is 0 Å². The third kappa shape index (κ3) is 3.39. The lowest BCUT2D eigenvalue weighted by Crippen LogP contribution is -2.45. The maximum atomic E-state index is 13.7. The molecule has 1 fully saturated rings. The molecule has 4 rings (SSSR count). The number of halogens is 3.